The molecular weight excluding hydrogens is 214 g/mol. The van der Waals surface area contributed by atoms with Crippen LogP contribution in [0.4, 0.5) is 0 Å². The molecule has 1 atom stereocenters. The van der Waals surface area contributed by atoms with E-state index in [4.69, 9.17) is 10.5 Å². The Hall–Kier alpha value is -0.120. The lowest BCUT2D eigenvalue weighted by atomic mass is 9.59. The van der Waals surface area contributed by atoms with Crippen molar-refractivity contribution in [2.45, 2.75) is 58.0 Å². The maximum absolute atomic E-state index is 11.0. The highest BCUT2D eigenvalue weighted by Crippen LogP contribution is 2.50. The lowest BCUT2D eigenvalue weighted by Gasteiger charge is -2.53. The average molecular weight is 241 g/mol. The third-order valence-corrected chi connectivity index (χ3v) is 5.13. The Morgan fingerprint density at radius 2 is 1.76 bits per heavy atom. The molecule has 2 fully saturated rings. The Morgan fingerprint density at radius 3 is 2.24 bits per heavy atom. The van der Waals surface area contributed by atoms with Crippen molar-refractivity contribution in [3.05, 3.63) is 0 Å². The highest BCUT2D eigenvalue weighted by molar-refractivity contribution is 5.04. The van der Waals surface area contributed by atoms with Crippen LogP contribution in [0.3, 0.4) is 0 Å². The number of aliphatic hydroxyl groups is 1. The van der Waals surface area contributed by atoms with Gasteiger partial charge in [-0.3, -0.25) is 0 Å². The lowest BCUT2D eigenvalue weighted by Crippen LogP contribution is -2.58. The minimum atomic E-state index is -0.600. The van der Waals surface area contributed by atoms with Gasteiger partial charge >= 0.3 is 0 Å². The summed E-state index contributed by atoms with van der Waals surface area (Å²) in [7, 11) is 0. The van der Waals surface area contributed by atoms with E-state index in [1.807, 2.05) is 0 Å². The van der Waals surface area contributed by atoms with Crippen LogP contribution in [-0.2, 0) is 4.74 Å². The first-order valence-electron chi connectivity index (χ1n) is 6.93. The molecule has 100 valence electrons. The van der Waals surface area contributed by atoms with Gasteiger partial charge in [-0.2, -0.15) is 0 Å². The minimum absolute atomic E-state index is 0.193. The van der Waals surface area contributed by atoms with E-state index in [9.17, 15) is 5.11 Å². The normalized spacial score (nSPS) is 36.7. The number of rotatable bonds is 2. The zero-order valence-electron chi connectivity index (χ0n) is 11.3. The summed E-state index contributed by atoms with van der Waals surface area (Å²) in [6, 6.07) is 0. The molecule has 0 radical (unpaired) electrons. The maximum atomic E-state index is 11.0. The summed E-state index contributed by atoms with van der Waals surface area (Å²) in [6.45, 7) is 6.59. The molecule has 3 nitrogen and oxygen atoms in total. The van der Waals surface area contributed by atoms with Gasteiger partial charge in [0.05, 0.1) is 12.2 Å². The lowest BCUT2D eigenvalue weighted by molar-refractivity contribution is -0.168. The Labute approximate surface area is 105 Å². The molecule has 0 aromatic carbocycles. The third-order valence-electron chi connectivity index (χ3n) is 5.13. The van der Waals surface area contributed by atoms with Gasteiger partial charge in [0.2, 0.25) is 0 Å². The Balaban J connectivity index is 2.13. The van der Waals surface area contributed by atoms with Crippen molar-refractivity contribution in [3.63, 3.8) is 0 Å². The number of hydrogen-bond donors (Lipinski definition) is 2. The monoisotopic (exact) mass is 241 g/mol. The summed E-state index contributed by atoms with van der Waals surface area (Å²) < 4.78 is 5.61. The molecular formula is C14H27NO2. The van der Waals surface area contributed by atoms with Gasteiger partial charge in [-0.15, -0.1) is 0 Å². The zero-order valence-corrected chi connectivity index (χ0v) is 11.3. The summed E-state index contributed by atoms with van der Waals surface area (Å²) in [5.74, 6) is 0. The first kappa shape index (κ1) is 13.3. The molecule has 2 aliphatic rings. The smallest absolute Gasteiger partial charge is 0.0738 e. The second-order valence-corrected chi connectivity index (χ2v) is 6.84. The third kappa shape index (κ3) is 2.38. The van der Waals surface area contributed by atoms with Crippen molar-refractivity contribution in [1.29, 1.82) is 0 Å². The topological polar surface area (TPSA) is 55.5 Å². The van der Waals surface area contributed by atoms with Crippen LogP contribution in [0, 0.1) is 10.8 Å². The number of hydrogen-bond acceptors (Lipinski definition) is 3. The van der Waals surface area contributed by atoms with Crippen LogP contribution in [-0.4, -0.2) is 30.5 Å². The van der Waals surface area contributed by atoms with Crippen LogP contribution >= 0.6 is 0 Å². The van der Waals surface area contributed by atoms with Crippen LogP contribution in [0.5, 0.6) is 0 Å². The molecule has 3 N–H and O–H groups in total. The van der Waals surface area contributed by atoms with E-state index in [1.165, 1.54) is 0 Å². The van der Waals surface area contributed by atoms with Crippen LogP contribution in [0.15, 0.2) is 0 Å². The van der Waals surface area contributed by atoms with Crippen molar-refractivity contribution in [3.8, 4) is 0 Å². The van der Waals surface area contributed by atoms with Gasteiger partial charge in [-0.25, -0.2) is 0 Å². The van der Waals surface area contributed by atoms with E-state index in [0.717, 1.165) is 45.1 Å². The predicted molar refractivity (Wildman–Crippen MR) is 68.7 cm³/mol. The van der Waals surface area contributed by atoms with E-state index in [2.05, 4.69) is 13.8 Å². The standard InChI is InChI=1S/C14H27NO2/c1-12(2)5-7-14(16,8-6-12)13(10-15)4-3-9-17-11-13/h16H,3-11,15H2,1-2H3. The van der Waals surface area contributed by atoms with E-state index in [0.29, 0.717) is 18.6 Å². The molecule has 0 aromatic heterocycles. The summed E-state index contributed by atoms with van der Waals surface area (Å²) >= 11 is 0. The van der Waals surface area contributed by atoms with Crippen molar-refractivity contribution < 1.29 is 9.84 Å². The molecule has 0 spiro atoms. The Morgan fingerprint density at radius 1 is 1.12 bits per heavy atom. The van der Waals surface area contributed by atoms with Gasteiger partial charge in [-0.1, -0.05) is 13.8 Å². The molecule has 0 aromatic rings. The van der Waals surface area contributed by atoms with Gasteiger partial charge in [0.15, 0.2) is 0 Å². The SMILES string of the molecule is CC1(C)CCC(O)(C2(CN)CCCOC2)CC1. The fraction of sp³-hybridized carbons (Fsp3) is 1.00. The minimum Gasteiger partial charge on any atom is -0.389 e. The molecule has 1 aliphatic carbocycles. The molecule has 2 rings (SSSR count). The van der Waals surface area contributed by atoms with E-state index in [-0.39, 0.29) is 5.41 Å². The molecule has 1 unspecified atom stereocenters. The highest BCUT2D eigenvalue weighted by atomic mass is 16.5. The quantitative estimate of drug-likeness (QED) is 0.778. The molecule has 1 aliphatic heterocycles. The van der Waals surface area contributed by atoms with Crippen molar-refractivity contribution in [2.75, 3.05) is 19.8 Å². The number of nitrogens with two attached hydrogens (primary N) is 1. The molecule has 3 heteroatoms. The first-order chi connectivity index (χ1) is 7.93. The fourth-order valence-electron chi connectivity index (χ4n) is 3.44. The molecule has 0 amide bonds. The highest BCUT2D eigenvalue weighted by Gasteiger charge is 2.52. The second kappa shape index (κ2) is 4.52. The maximum Gasteiger partial charge on any atom is 0.0738 e. The van der Waals surface area contributed by atoms with E-state index < -0.39 is 5.60 Å². The molecule has 17 heavy (non-hydrogen) atoms. The van der Waals surface area contributed by atoms with Crippen LogP contribution in [0.1, 0.15) is 52.4 Å². The Kier molecular flexibility index (Phi) is 3.54. The number of ether oxygens (including phenoxy) is 1. The zero-order chi connectivity index (χ0) is 12.6. The average Bonchev–Trinajstić information content (AvgIpc) is 2.34. The van der Waals surface area contributed by atoms with E-state index in [1.54, 1.807) is 0 Å². The van der Waals surface area contributed by atoms with Crippen LogP contribution in [0.2, 0.25) is 0 Å². The Bertz CT molecular complexity index is 259. The van der Waals surface area contributed by atoms with Crippen LogP contribution < -0.4 is 5.73 Å². The van der Waals surface area contributed by atoms with Gasteiger partial charge in [-0.05, 0) is 43.9 Å². The largest absolute Gasteiger partial charge is 0.389 e. The van der Waals surface area contributed by atoms with Gasteiger partial charge in [0.25, 0.3) is 0 Å². The second-order valence-electron chi connectivity index (χ2n) is 6.84. The molecule has 0 bridgehead atoms. The van der Waals surface area contributed by atoms with Crippen molar-refractivity contribution in [1.82, 2.24) is 0 Å². The molecule has 1 saturated heterocycles. The van der Waals surface area contributed by atoms with Crippen LogP contribution in [0.25, 0.3) is 0 Å². The molecule has 1 saturated carbocycles. The summed E-state index contributed by atoms with van der Waals surface area (Å²) in [5.41, 5.74) is 5.56. The van der Waals surface area contributed by atoms with Crippen molar-refractivity contribution >= 4 is 0 Å². The summed E-state index contributed by atoms with van der Waals surface area (Å²) in [5, 5.41) is 11.0. The van der Waals surface area contributed by atoms with Gasteiger partial charge in [0.1, 0.15) is 0 Å². The van der Waals surface area contributed by atoms with Crippen molar-refractivity contribution in [2.24, 2.45) is 16.6 Å². The predicted octanol–water partition coefficient (Wildman–Crippen LogP) is 2.07. The molecule has 1 heterocycles. The van der Waals surface area contributed by atoms with Gasteiger partial charge in [0, 0.05) is 18.6 Å². The summed E-state index contributed by atoms with van der Waals surface area (Å²) in [6.07, 6.45) is 5.97. The van der Waals surface area contributed by atoms with Gasteiger partial charge < -0.3 is 15.6 Å². The summed E-state index contributed by atoms with van der Waals surface area (Å²) in [4.78, 5) is 0. The fourth-order valence-corrected chi connectivity index (χ4v) is 3.44. The first-order valence-corrected chi connectivity index (χ1v) is 6.93. The van der Waals surface area contributed by atoms with E-state index >= 15 is 0 Å².